The van der Waals surface area contributed by atoms with Crippen LogP contribution in [0.4, 0.5) is 0 Å². The fourth-order valence-corrected chi connectivity index (χ4v) is 1.39. The molecule has 0 N–H and O–H groups in total. The molecule has 1 aromatic heterocycles. The zero-order valence-corrected chi connectivity index (χ0v) is 6.79. The molecule has 0 spiro atoms. The lowest BCUT2D eigenvalue weighted by Crippen LogP contribution is -2.01. The molecule has 1 atom stereocenters. The average Bonchev–Trinajstić information content (AvgIpc) is 2.27. The predicted octanol–water partition coefficient (Wildman–Crippen LogP) is 2.19. The molecule has 0 aromatic carbocycles. The standard InChI is InChI=1S/C9H11NO/c1-6-3-4-9-8(5-6)10-7(2)11-9/h3-4,6H,5H2,1-2H3. The molecular weight excluding hydrogens is 138 g/mol. The first kappa shape index (κ1) is 6.65. The maximum atomic E-state index is 5.36. The van der Waals surface area contributed by atoms with E-state index in [9.17, 15) is 0 Å². The molecule has 1 aliphatic rings. The Bertz CT molecular complexity index is 299. The first-order chi connectivity index (χ1) is 5.25. The highest BCUT2D eigenvalue weighted by Crippen LogP contribution is 2.22. The van der Waals surface area contributed by atoms with E-state index in [2.05, 4.69) is 18.0 Å². The van der Waals surface area contributed by atoms with Gasteiger partial charge < -0.3 is 4.42 Å². The Morgan fingerprint density at radius 1 is 1.64 bits per heavy atom. The molecule has 0 fully saturated rings. The first-order valence-corrected chi connectivity index (χ1v) is 3.90. The quantitative estimate of drug-likeness (QED) is 0.565. The number of allylic oxidation sites excluding steroid dienone is 1. The third-order valence-electron chi connectivity index (χ3n) is 1.93. The predicted molar refractivity (Wildman–Crippen MR) is 43.1 cm³/mol. The van der Waals surface area contributed by atoms with Gasteiger partial charge in [0.1, 0.15) is 5.76 Å². The second kappa shape index (κ2) is 2.22. The molecule has 11 heavy (non-hydrogen) atoms. The molecule has 1 aromatic rings. The Kier molecular flexibility index (Phi) is 1.34. The minimum Gasteiger partial charge on any atom is -0.441 e. The normalized spacial score (nSPS) is 21.8. The van der Waals surface area contributed by atoms with Crippen molar-refractivity contribution in [3.8, 4) is 0 Å². The van der Waals surface area contributed by atoms with E-state index >= 15 is 0 Å². The Hall–Kier alpha value is -1.05. The molecule has 1 unspecified atom stereocenters. The number of rotatable bonds is 0. The SMILES string of the molecule is Cc1nc2c(o1)C=CC(C)C2. The summed E-state index contributed by atoms with van der Waals surface area (Å²) < 4.78 is 5.36. The monoisotopic (exact) mass is 149 g/mol. The van der Waals surface area contributed by atoms with Gasteiger partial charge in [0.05, 0.1) is 5.69 Å². The van der Waals surface area contributed by atoms with Gasteiger partial charge in [-0.3, -0.25) is 0 Å². The van der Waals surface area contributed by atoms with Crippen molar-refractivity contribution in [2.24, 2.45) is 5.92 Å². The highest BCUT2D eigenvalue weighted by molar-refractivity contribution is 5.48. The number of hydrogen-bond acceptors (Lipinski definition) is 2. The van der Waals surface area contributed by atoms with E-state index in [0.717, 1.165) is 23.8 Å². The average molecular weight is 149 g/mol. The van der Waals surface area contributed by atoms with E-state index < -0.39 is 0 Å². The van der Waals surface area contributed by atoms with Crippen LogP contribution < -0.4 is 0 Å². The van der Waals surface area contributed by atoms with Crippen molar-refractivity contribution in [1.82, 2.24) is 4.98 Å². The third kappa shape index (κ3) is 1.09. The summed E-state index contributed by atoms with van der Waals surface area (Å²) in [5.41, 5.74) is 1.11. The van der Waals surface area contributed by atoms with Crippen LogP contribution in [0.3, 0.4) is 0 Å². The molecule has 0 bridgehead atoms. The fourth-order valence-electron chi connectivity index (χ4n) is 1.39. The van der Waals surface area contributed by atoms with Crippen LogP contribution in [0.15, 0.2) is 10.5 Å². The van der Waals surface area contributed by atoms with Gasteiger partial charge in [0, 0.05) is 6.92 Å². The molecule has 0 aliphatic heterocycles. The first-order valence-electron chi connectivity index (χ1n) is 3.90. The number of fused-ring (bicyclic) bond motifs is 1. The lowest BCUT2D eigenvalue weighted by molar-refractivity contribution is 0.508. The van der Waals surface area contributed by atoms with Gasteiger partial charge in [-0.15, -0.1) is 0 Å². The Morgan fingerprint density at radius 3 is 3.27 bits per heavy atom. The lowest BCUT2D eigenvalue weighted by atomic mass is 9.99. The molecular formula is C9H11NO. The van der Waals surface area contributed by atoms with Crippen LogP contribution in [0.1, 0.15) is 24.3 Å². The highest BCUT2D eigenvalue weighted by Gasteiger charge is 2.14. The van der Waals surface area contributed by atoms with E-state index in [0.29, 0.717) is 5.92 Å². The molecule has 0 saturated heterocycles. The van der Waals surface area contributed by atoms with Crippen molar-refractivity contribution in [2.75, 3.05) is 0 Å². The van der Waals surface area contributed by atoms with Gasteiger partial charge in [-0.1, -0.05) is 13.0 Å². The van der Waals surface area contributed by atoms with Crippen molar-refractivity contribution >= 4 is 6.08 Å². The van der Waals surface area contributed by atoms with E-state index in [1.165, 1.54) is 0 Å². The van der Waals surface area contributed by atoms with Gasteiger partial charge in [-0.05, 0) is 18.4 Å². The van der Waals surface area contributed by atoms with Gasteiger partial charge in [0.25, 0.3) is 0 Å². The summed E-state index contributed by atoms with van der Waals surface area (Å²) in [6.45, 7) is 4.07. The summed E-state index contributed by atoms with van der Waals surface area (Å²) in [5.74, 6) is 2.32. The molecule has 2 rings (SSSR count). The molecule has 0 saturated carbocycles. The van der Waals surface area contributed by atoms with Crippen LogP contribution in [0, 0.1) is 12.8 Å². The minimum absolute atomic E-state index is 0.604. The Labute approximate surface area is 65.9 Å². The second-order valence-electron chi connectivity index (χ2n) is 3.08. The Balaban J connectivity index is 2.44. The van der Waals surface area contributed by atoms with Crippen molar-refractivity contribution in [3.63, 3.8) is 0 Å². The maximum Gasteiger partial charge on any atom is 0.192 e. The van der Waals surface area contributed by atoms with Crippen LogP contribution in [-0.2, 0) is 6.42 Å². The van der Waals surface area contributed by atoms with Crippen LogP contribution in [0.5, 0.6) is 0 Å². The van der Waals surface area contributed by atoms with Gasteiger partial charge in [-0.2, -0.15) is 0 Å². The molecule has 2 nitrogen and oxygen atoms in total. The van der Waals surface area contributed by atoms with Crippen molar-refractivity contribution in [3.05, 3.63) is 23.4 Å². The number of hydrogen-bond donors (Lipinski definition) is 0. The van der Waals surface area contributed by atoms with Crippen molar-refractivity contribution in [1.29, 1.82) is 0 Å². The van der Waals surface area contributed by atoms with Crippen LogP contribution in [-0.4, -0.2) is 4.98 Å². The molecule has 0 radical (unpaired) electrons. The molecule has 2 heteroatoms. The number of aryl methyl sites for hydroxylation is 1. The van der Waals surface area contributed by atoms with Crippen LogP contribution >= 0.6 is 0 Å². The number of nitrogens with zero attached hydrogens (tertiary/aromatic N) is 1. The van der Waals surface area contributed by atoms with Gasteiger partial charge in [-0.25, -0.2) is 4.98 Å². The summed E-state index contributed by atoms with van der Waals surface area (Å²) >= 11 is 0. The van der Waals surface area contributed by atoms with E-state index in [1.807, 2.05) is 13.0 Å². The molecule has 1 heterocycles. The number of aromatic nitrogens is 1. The highest BCUT2D eigenvalue weighted by atomic mass is 16.4. The van der Waals surface area contributed by atoms with E-state index in [4.69, 9.17) is 4.42 Å². The summed E-state index contributed by atoms with van der Waals surface area (Å²) in [6, 6.07) is 0. The maximum absolute atomic E-state index is 5.36. The summed E-state index contributed by atoms with van der Waals surface area (Å²) in [6.07, 6.45) is 5.19. The summed E-state index contributed by atoms with van der Waals surface area (Å²) in [7, 11) is 0. The van der Waals surface area contributed by atoms with Gasteiger partial charge in [0.2, 0.25) is 0 Å². The van der Waals surface area contributed by atoms with Gasteiger partial charge in [0.15, 0.2) is 5.89 Å². The van der Waals surface area contributed by atoms with Crippen molar-refractivity contribution in [2.45, 2.75) is 20.3 Å². The van der Waals surface area contributed by atoms with Crippen molar-refractivity contribution < 1.29 is 4.42 Å². The third-order valence-corrected chi connectivity index (χ3v) is 1.93. The molecule has 1 aliphatic carbocycles. The zero-order valence-electron chi connectivity index (χ0n) is 6.79. The largest absolute Gasteiger partial charge is 0.441 e. The van der Waals surface area contributed by atoms with Crippen LogP contribution in [0.2, 0.25) is 0 Å². The second-order valence-corrected chi connectivity index (χ2v) is 3.08. The van der Waals surface area contributed by atoms with Gasteiger partial charge >= 0.3 is 0 Å². The lowest BCUT2D eigenvalue weighted by Gasteiger charge is -2.07. The smallest absolute Gasteiger partial charge is 0.192 e. The topological polar surface area (TPSA) is 26.0 Å². The van der Waals surface area contributed by atoms with E-state index in [-0.39, 0.29) is 0 Å². The number of oxazole rings is 1. The Morgan fingerprint density at radius 2 is 2.45 bits per heavy atom. The van der Waals surface area contributed by atoms with E-state index in [1.54, 1.807) is 0 Å². The zero-order chi connectivity index (χ0) is 7.84. The summed E-state index contributed by atoms with van der Waals surface area (Å²) in [5, 5.41) is 0. The fraction of sp³-hybridized carbons (Fsp3) is 0.444. The van der Waals surface area contributed by atoms with Crippen LogP contribution in [0.25, 0.3) is 6.08 Å². The molecule has 58 valence electrons. The molecule has 0 amide bonds. The minimum atomic E-state index is 0.604. The summed E-state index contributed by atoms with van der Waals surface area (Å²) in [4.78, 5) is 4.28.